The van der Waals surface area contributed by atoms with Crippen molar-refractivity contribution >= 4 is 13.3 Å². The van der Waals surface area contributed by atoms with Gasteiger partial charge in [-0.05, 0) is 0 Å². The van der Waals surface area contributed by atoms with E-state index in [0.29, 0.717) is 0 Å². The van der Waals surface area contributed by atoms with Crippen LogP contribution in [0.5, 0.6) is 0 Å². The van der Waals surface area contributed by atoms with Gasteiger partial charge in [0, 0.05) is 6.92 Å². The molecule has 1 saturated heterocycles. The molecule has 5 heteroatoms. The van der Waals surface area contributed by atoms with E-state index in [2.05, 4.69) is 14.3 Å². The minimum Gasteiger partial charge on any atom is -0.482 e. The van der Waals surface area contributed by atoms with Gasteiger partial charge < -0.3 is 4.65 Å². The van der Waals surface area contributed by atoms with Crippen LogP contribution >= 0.6 is 0 Å². The lowest BCUT2D eigenvalue weighted by Gasteiger charge is -1.82. The zero-order valence-corrected chi connectivity index (χ0v) is 3.71. The highest BCUT2D eigenvalue weighted by Crippen LogP contribution is 2.06. The Labute approximate surface area is 40.5 Å². The first-order valence-corrected chi connectivity index (χ1v) is 1.78. The van der Waals surface area contributed by atoms with Gasteiger partial charge in [-0.2, -0.15) is 0 Å². The van der Waals surface area contributed by atoms with Crippen LogP contribution in [0.25, 0.3) is 0 Å². The van der Waals surface area contributed by atoms with E-state index in [1.165, 1.54) is 6.92 Å². The minimum absolute atomic E-state index is 0.400. The number of carbonyl (C=O) groups is 1. The summed E-state index contributed by atoms with van der Waals surface area (Å²) in [5.41, 5.74) is 0. The molecule has 0 aromatic carbocycles. The molecule has 0 N–H and O–H groups in total. The highest BCUT2D eigenvalue weighted by atomic mass is 17.4. The standard InChI is InChI=1S/C2H3BO4/c1-2(4)5-3-6-7-3/h1H3. The zero-order valence-electron chi connectivity index (χ0n) is 3.71. The van der Waals surface area contributed by atoms with Gasteiger partial charge >= 0.3 is 7.32 Å². The van der Waals surface area contributed by atoms with E-state index in [1.54, 1.807) is 0 Å². The van der Waals surface area contributed by atoms with Gasteiger partial charge in [-0.1, -0.05) is 0 Å². The maximum atomic E-state index is 9.91. The molecule has 0 bridgehead atoms. The first-order chi connectivity index (χ1) is 3.29. The summed E-state index contributed by atoms with van der Waals surface area (Å²) >= 11 is 0. The summed E-state index contributed by atoms with van der Waals surface area (Å²) < 4.78 is 4.28. The van der Waals surface area contributed by atoms with Crippen molar-refractivity contribution in [1.82, 2.24) is 0 Å². The van der Waals surface area contributed by atoms with Crippen LogP contribution in [0.3, 0.4) is 0 Å². The molecule has 0 spiro atoms. The summed E-state index contributed by atoms with van der Waals surface area (Å²) in [6.45, 7) is 1.28. The molecular weight excluding hydrogens is 98.8 g/mol. The van der Waals surface area contributed by atoms with Crippen molar-refractivity contribution in [3.05, 3.63) is 0 Å². The summed E-state index contributed by atoms with van der Waals surface area (Å²) in [6, 6.07) is 0. The van der Waals surface area contributed by atoms with Gasteiger partial charge in [-0.25, -0.2) is 9.61 Å². The van der Waals surface area contributed by atoms with Gasteiger partial charge in [-0.3, -0.25) is 4.79 Å². The lowest BCUT2D eigenvalue weighted by atomic mass is 10.3. The van der Waals surface area contributed by atoms with Crippen molar-refractivity contribution in [2.45, 2.75) is 6.92 Å². The van der Waals surface area contributed by atoms with Crippen LogP contribution in [0.1, 0.15) is 6.92 Å². The Hall–Kier alpha value is -0.545. The molecule has 0 atom stereocenters. The highest BCUT2D eigenvalue weighted by molar-refractivity contribution is 6.44. The zero-order chi connectivity index (χ0) is 5.28. The van der Waals surface area contributed by atoms with E-state index < -0.39 is 13.3 Å². The second kappa shape index (κ2) is 1.51. The second-order valence-corrected chi connectivity index (χ2v) is 1.09. The average Bonchev–Trinajstić information content (AvgIpc) is 2.17. The lowest BCUT2D eigenvalue weighted by molar-refractivity contribution is -0.132. The summed E-state index contributed by atoms with van der Waals surface area (Å²) in [5, 5.41) is 0. The monoisotopic (exact) mass is 102 g/mol. The smallest absolute Gasteiger partial charge is 0.482 e. The predicted molar refractivity (Wildman–Crippen MR) is 19.7 cm³/mol. The van der Waals surface area contributed by atoms with Gasteiger partial charge in [0.15, 0.2) is 0 Å². The largest absolute Gasteiger partial charge is 0.770 e. The average molecular weight is 102 g/mol. The molecule has 1 rings (SSSR count). The predicted octanol–water partition coefficient (Wildman–Crippen LogP) is -0.504. The molecular formula is C2H3BO4. The highest BCUT2D eigenvalue weighted by Gasteiger charge is 2.43. The lowest BCUT2D eigenvalue weighted by Crippen LogP contribution is -2.04. The van der Waals surface area contributed by atoms with Gasteiger partial charge in [0.2, 0.25) is 0 Å². The van der Waals surface area contributed by atoms with E-state index >= 15 is 0 Å². The van der Waals surface area contributed by atoms with Crippen LogP contribution in [0.15, 0.2) is 0 Å². The number of rotatable bonds is 1. The van der Waals surface area contributed by atoms with Crippen LogP contribution in [0.2, 0.25) is 0 Å². The molecule has 1 aliphatic heterocycles. The third kappa shape index (κ3) is 1.56. The molecule has 7 heavy (non-hydrogen) atoms. The topological polar surface area (TPSA) is 51.4 Å². The molecule has 0 aromatic heterocycles. The molecule has 38 valence electrons. The Bertz CT molecular complexity index is 87.7. The first kappa shape index (κ1) is 4.61. The fourth-order valence-corrected chi connectivity index (χ4v) is 0.197. The maximum Gasteiger partial charge on any atom is 0.770 e. The summed E-state index contributed by atoms with van der Waals surface area (Å²) in [7, 11) is -0.725. The molecule has 0 radical (unpaired) electrons. The van der Waals surface area contributed by atoms with Crippen molar-refractivity contribution in [2.24, 2.45) is 0 Å². The first-order valence-electron chi connectivity index (χ1n) is 1.78. The third-order valence-corrected chi connectivity index (χ3v) is 0.437. The number of hydrogen-bond acceptors (Lipinski definition) is 4. The fraction of sp³-hybridized carbons (Fsp3) is 0.500. The third-order valence-electron chi connectivity index (χ3n) is 0.437. The number of hydrogen-bond donors (Lipinski definition) is 0. The van der Waals surface area contributed by atoms with Crippen LogP contribution in [0.4, 0.5) is 0 Å². The summed E-state index contributed by atoms with van der Waals surface area (Å²) in [6.07, 6.45) is 0. The Kier molecular flexibility index (Phi) is 0.997. The van der Waals surface area contributed by atoms with Crippen LogP contribution in [-0.4, -0.2) is 13.3 Å². The fourth-order valence-electron chi connectivity index (χ4n) is 0.197. The van der Waals surface area contributed by atoms with Crippen LogP contribution in [-0.2, 0) is 19.1 Å². The molecule has 0 aliphatic carbocycles. The van der Waals surface area contributed by atoms with Crippen molar-refractivity contribution in [3.8, 4) is 0 Å². The van der Waals surface area contributed by atoms with Crippen LogP contribution in [0, 0.1) is 0 Å². The molecule has 0 amide bonds. The normalized spacial score (nSPS) is 16.4. The van der Waals surface area contributed by atoms with Gasteiger partial charge in [0.1, 0.15) is 0 Å². The Morgan fingerprint density at radius 2 is 2.29 bits per heavy atom. The summed E-state index contributed by atoms with van der Waals surface area (Å²) in [4.78, 5) is 18.1. The minimum atomic E-state index is -0.725. The van der Waals surface area contributed by atoms with E-state index in [-0.39, 0.29) is 0 Å². The molecule has 0 saturated carbocycles. The molecule has 1 aliphatic rings. The quantitative estimate of drug-likeness (QED) is 0.254. The van der Waals surface area contributed by atoms with E-state index in [0.717, 1.165) is 0 Å². The van der Waals surface area contributed by atoms with Gasteiger partial charge in [-0.15, -0.1) is 0 Å². The Balaban J connectivity index is 2.08. The molecule has 1 fully saturated rings. The Morgan fingerprint density at radius 1 is 1.71 bits per heavy atom. The van der Waals surface area contributed by atoms with E-state index in [9.17, 15) is 4.79 Å². The summed E-state index contributed by atoms with van der Waals surface area (Å²) in [5.74, 6) is -0.400. The van der Waals surface area contributed by atoms with Crippen molar-refractivity contribution in [3.63, 3.8) is 0 Å². The van der Waals surface area contributed by atoms with E-state index in [4.69, 9.17) is 0 Å². The van der Waals surface area contributed by atoms with Gasteiger partial charge in [0.25, 0.3) is 5.97 Å². The molecule has 0 unspecified atom stereocenters. The van der Waals surface area contributed by atoms with E-state index in [1.807, 2.05) is 0 Å². The molecule has 0 aromatic rings. The maximum absolute atomic E-state index is 9.91. The van der Waals surface area contributed by atoms with Gasteiger partial charge in [0.05, 0.1) is 0 Å². The van der Waals surface area contributed by atoms with Crippen molar-refractivity contribution < 1.29 is 19.1 Å². The number of carbonyl (C=O) groups excluding carboxylic acids is 1. The second-order valence-electron chi connectivity index (χ2n) is 1.09. The SMILES string of the molecule is CC(=O)OB1OO1. The van der Waals surface area contributed by atoms with Crippen LogP contribution < -0.4 is 0 Å². The molecule has 4 nitrogen and oxygen atoms in total. The molecule has 1 heterocycles. The van der Waals surface area contributed by atoms with Crippen molar-refractivity contribution in [2.75, 3.05) is 0 Å². The van der Waals surface area contributed by atoms with Crippen molar-refractivity contribution in [1.29, 1.82) is 0 Å². The Morgan fingerprint density at radius 3 is 2.43 bits per heavy atom.